The van der Waals surface area contributed by atoms with Crippen molar-refractivity contribution in [1.82, 2.24) is 18.4 Å². The summed E-state index contributed by atoms with van der Waals surface area (Å²) in [7, 11) is 1.64. The van der Waals surface area contributed by atoms with Crippen LogP contribution in [0.1, 0.15) is 43.0 Å². The molecule has 1 atom stereocenters. The van der Waals surface area contributed by atoms with E-state index >= 15 is 0 Å². The predicted octanol–water partition coefficient (Wildman–Crippen LogP) is 4.66. The summed E-state index contributed by atoms with van der Waals surface area (Å²) in [5.74, 6) is 2.07. The summed E-state index contributed by atoms with van der Waals surface area (Å²) in [6.45, 7) is 6.77. The maximum absolute atomic E-state index is 14.3. The van der Waals surface area contributed by atoms with Crippen LogP contribution in [0.3, 0.4) is 0 Å². The van der Waals surface area contributed by atoms with Crippen molar-refractivity contribution in [2.75, 3.05) is 39.2 Å². The number of ether oxygens (including phenoxy) is 3. The van der Waals surface area contributed by atoms with Gasteiger partial charge in [0.25, 0.3) is 5.56 Å². The lowest BCUT2D eigenvalue weighted by Gasteiger charge is -2.38. The Morgan fingerprint density at radius 1 is 1.20 bits per heavy atom. The van der Waals surface area contributed by atoms with Gasteiger partial charge >= 0.3 is 5.69 Å². The lowest BCUT2D eigenvalue weighted by atomic mass is 10.1. The van der Waals surface area contributed by atoms with Crippen molar-refractivity contribution in [2.24, 2.45) is 0 Å². The van der Waals surface area contributed by atoms with Gasteiger partial charge in [-0.15, -0.1) is 11.3 Å². The second-order valence-electron chi connectivity index (χ2n) is 10.2. The zero-order valence-electron chi connectivity index (χ0n) is 23.4. The third-order valence-corrected chi connectivity index (χ3v) is 9.96. The quantitative estimate of drug-likeness (QED) is 0.241. The fraction of sp³-hybridized carbons (Fsp3) is 0.483. The molecule has 2 aliphatic rings. The number of thiophene rings is 1. The van der Waals surface area contributed by atoms with E-state index in [4.69, 9.17) is 18.6 Å². The molecule has 10 nitrogen and oxygen atoms in total. The molecule has 0 aliphatic carbocycles. The molecule has 1 unspecified atom stereocenters. The van der Waals surface area contributed by atoms with Gasteiger partial charge in [0.05, 0.1) is 42.3 Å². The maximum Gasteiger partial charge on any atom is 0.332 e. The number of hydrogen-bond acceptors (Lipinski definition) is 10. The SMILES string of the molecule is CCSN1CC(n2c(=O)c3c(C)c(-c4ncco4)sc3n(CC(OC3CCOCC3)c3ccccc3OC)c2=O)C1. The van der Waals surface area contributed by atoms with E-state index in [0.29, 0.717) is 48.2 Å². The number of hydrogen-bond donors (Lipinski definition) is 0. The van der Waals surface area contributed by atoms with Gasteiger partial charge in [-0.25, -0.2) is 14.1 Å². The van der Waals surface area contributed by atoms with Crippen molar-refractivity contribution < 1.29 is 18.6 Å². The van der Waals surface area contributed by atoms with Gasteiger partial charge in [-0.3, -0.25) is 13.9 Å². The average Bonchev–Trinajstić information content (AvgIpc) is 3.62. The summed E-state index contributed by atoms with van der Waals surface area (Å²) in [5.41, 5.74) is 1.02. The highest BCUT2D eigenvalue weighted by atomic mass is 32.2. The van der Waals surface area contributed by atoms with Crippen molar-refractivity contribution in [3.8, 4) is 16.5 Å². The van der Waals surface area contributed by atoms with Crippen LogP contribution >= 0.6 is 23.3 Å². The highest BCUT2D eigenvalue weighted by molar-refractivity contribution is 7.97. The van der Waals surface area contributed by atoms with Gasteiger partial charge in [-0.05, 0) is 31.4 Å². The van der Waals surface area contributed by atoms with Crippen LogP contribution in [0.2, 0.25) is 0 Å². The summed E-state index contributed by atoms with van der Waals surface area (Å²) in [5, 5.41) is 0.522. The third-order valence-electron chi connectivity index (χ3n) is 7.73. The topological polar surface area (TPSA) is 101 Å². The van der Waals surface area contributed by atoms with Crippen molar-refractivity contribution in [1.29, 1.82) is 0 Å². The summed E-state index contributed by atoms with van der Waals surface area (Å²) < 4.78 is 29.0. The molecule has 5 heterocycles. The van der Waals surface area contributed by atoms with Gasteiger partial charge in [0.1, 0.15) is 22.9 Å². The van der Waals surface area contributed by atoms with Gasteiger partial charge in [0.2, 0.25) is 5.89 Å². The Morgan fingerprint density at radius 3 is 2.68 bits per heavy atom. The summed E-state index contributed by atoms with van der Waals surface area (Å²) in [4.78, 5) is 33.9. The van der Waals surface area contributed by atoms with Gasteiger partial charge in [-0.2, -0.15) is 0 Å². The standard InChI is InChI=1S/C29H34N4O6S2/c1-4-40-31-15-19(16-31)33-27(34)24-18(2)25(26-30-11-14-38-26)41-28(24)32(29(33)35)17-23(39-20-9-12-37-13-10-20)21-7-5-6-8-22(21)36-3/h5-8,11,14,19-20,23H,4,9-10,12-13,15-17H2,1-3H3. The van der Waals surface area contributed by atoms with Crippen molar-refractivity contribution >= 4 is 33.5 Å². The van der Waals surface area contributed by atoms with E-state index in [0.717, 1.165) is 34.6 Å². The molecular weight excluding hydrogens is 564 g/mol. The molecule has 218 valence electrons. The predicted molar refractivity (Wildman–Crippen MR) is 160 cm³/mol. The van der Waals surface area contributed by atoms with Crippen LogP contribution < -0.4 is 16.0 Å². The zero-order valence-corrected chi connectivity index (χ0v) is 25.0. The molecule has 4 aromatic rings. The molecule has 1 aromatic carbocycles. The van der Waals surface area contributed by atoms with E-state index < -0.39 is 6.10 Å². The largest absolute Gasteiger partial charge is 0.496 e. The zero-order chi connectivity index (χ0) is 28.5. The molecule has 12 heteroatoms. The molecule has 0 spiro atoms. The maximum atomic E-state index is 14.3. The number of benzene rings is 1. The molecule has 0 bridgehead atoms. The number of oxazole rings is 1. The number of para-hydroxylation sites is 1. The Hall–Kier alpha value is -2.90. The van der Waals surface area contributed by atoms with Crippen LogP contribution in [0.4, 0.5) is 0 Å². The molecule has 0 amide bonds. The Balaban J connectivity index is 1.50. The molecule has 2 aliphatic heterocycles. The van der Waals surface area contributed by atoms with E-state index in [2.05, 4.69) is 16.2 Å². The molecule has 2 saturated heterocycles. The molecule has 41 heavy (non-hydrogen) atoms. The molecule has 6 rings (SSSR count). The van der Waals surface area contributed by atoms with E-state index in [9.17, 15) is 9.59 Å². The van der Waals surface area contributed by atoms with Crippen LogP contribution in [0.5, 0.6) is 5.75 Å². The second kappa shape index (κ2) is 12.1. The van der Waals surface area contributed by atoms with E-state index in [1.807, 2.05) is 31.2 Å². The minimum Gasteiger partial charge on any atom is -0.496 e. The Labute approximate surface area is 246 Å². The molecule has 0 N–H and O–H groups in total. The van der Waals surface area contributed by atoms with E-state index in [-0.39, 0.29) is 29.9 Å². The molecular formula is C29H34N4O6S2. The monoisotopic (exact) mass is 598 g/mol. The Morgan fingerprint density at radius 2 is 1.98 bits per heavy atom. The Bertz CT molecular complexity index is 1620. The minimum absolute atomic E-state index is 0.0185. The summed E-state index contributed by atoms with van der Waals surface area (Å²) in [6.07, 6.45) is 4.14. The van der Waals surface area contributed by atoms with Crippen LogP contribution in [-0.2, 0) is 16.0 Å². The van der Waals surface area contributed by atoms with E-state index in [1.54, 1.807) is 29.8 Å². The van der Waals surface area contributed by atoms with Crippen LogP contribution in [0.25, 0.3) is 21.0 Å². The van der Waals surface area contributed by atoms with Gasteiger partial charge in [-0.1, -0.05) is 37.1 Å². The first-order valence-electron chi connectivity index (χ1n) is 13.9. The lowest BCUT2D eigenvalue weighted by molar-refractivity contribution is -0.0753. The summed E-state index contributed by atoms with van der Waals surface area (Å²) in [6, 6.07) is 7.54. The van der Waals surface area contributed by atoms with Gasteiger partial charge in [0, 0.05) is 37.6 Å². The van der Waals surface area contributed by atoms with Crippen molar-refractivity contribution in [3.05, 3.63) is 68.7 Å². The Kier molecular flexibility index (Phi) is 8.36. The first kappa shape index (κ1) is 28.2. The number of nitrogens with zero attached hydrogens (tertiary/aromatic N) is 4. The third kappa shape index (κ3) is 5.39. The number of aromatic nitrogens is 3. The second-order valence-corrected chi connectivity index (χ2v) is 12.6. The first-order chi connectivity index (χ1) is 20.0. The highest BCUT2D eigenvalue weighted by Crippen LogP contribution is 2.38. The van der Waals surface area contributed by atoms with Crippen LogP contribution in [-0.4, -0.2) is 63.7 Å². The van der Waals surface area contributed by atoms with Gasteiger partial charge < -0.3 is 18.6 Å². The van der Waals surface area contributed by atoms with Gasteiger partial charge in [0.15, 0.2) is 0 Å². The lowest BCUT2D eigenvalue weighted by Crippen LogP contribution is -2.53. The molecule has 3 aromatic heterocycles. The fourth-order valence-corrected chi connectivity index (χ4v) is 7.77. The average molecular weight is 599 g/mol. The van der Waals surface area contributed by atoms with Crippen molar-refractivity contribution in [3.63, 3.8) is 0 Å². The minimum atomic E-state index is -0.484. The number of fused-ring (bicyclic) bond motifs is 1. The first-order valence-corrected chi connectivity index (χ1v) is 15.7. The summed E-state index contributed by atoms with van der Waals surface area (Å²) >= 11 is 3.08. The number of methoxy groups -OCH3 is 1. The van der Waals surface area contributed by atoms with Crippen LogP contribution in [0, 0.1) is 6.92 Å². The van der Waals surface area contributed by atoms with Crippen LogP contribution in [0.15, 0.2) is 50.7 Å². The van der Waals surface area contributed by atoms with E-state index in [1.165, 1.54) is 22.2 Å². The normalized spacial score (nSPS) is 17.6. The van der Waals surface area contributed by atoms with Crippen molar-refractivity contribution in [2.45, 2.75) is 51.5 Å². The molecule has 0 saturated carbocycles. The highest BCUT2D eigenvalue weighted by Gasteiger charge is 2.34. The molecule has 0 radical (unpaired) electrons. The fourth-order valence-electron chi connectivity index (χ4n) is 5.61. The smallest absolute Gasteiger partial charge is 0.332 e. The number of aryl methyl sites for hydroxylation is 1. The number of rotatable bonds is 10. The molecule has 2 fully saturated rings.